The minimum Gasteiger partial charge on any atom is -0.341 e. The standard InChI is InChI=1S/C21H22FN5OS/c22-17-11-5-4-10-16(17)14-18-24-25-21(27(18)23)29-19(15-8-2-1-3-9-15)20(28)26-12-6-7-13-26/h1-5,8-11,19H,6-7,12-14,23H2/t19-/m0/s1. The maximum atomic E-state index is 14.0. The minimum atomic E-state index is -0.456. The largest absolute Gasteiger partial charge is 0.341 e. The Morgan fingerprint density at radius 2 is 1.76 bits per heavy atom. The van der Waals surface area contributed by atoms with Crippen molar-refractivity contribution in [2.75, 3.05) is 18.9 Å². The monoisotopic (exact) mass is 411 g/mol. The number of hydrogen-bond donors (Lipinski definition) is 1. The van der Waals surface area contributed by atoms with E-state index in [1.165, 1.54) is 22.5 Å². The molecule has 1 amide bonds. The number of rotatable bonds is 6. The van der Waals surface area contributed by atoms with Gasteiger partial charge in [-0.3, -0.25) is 4.79 Å². The number of nitrogen functional groups attached to an aromatic ring is 1. The highest BCUT2D eigenvalue weighted by Gasteiger charge is 2.30. The molecule has 2 N–H and O–H groups in total. The second kappa shape index (κ2) is 8.65. The Bertz CT molecular complexity index is 988. The first-order chi connectivity index (χ1) is 14.1. The number of aromatic nitrogens is 3. The summed E-state index contributed by atoms with van der Waals surface area (Å²) in [7, 11) is 0. The van der Waals surface area contributed by atoms with Gasteiger partial charge >= 0.3 is 0 Å². The normalized spacial score (nSPS) is 14.9. The molecule has 1 fully saturated rings. The van der Waals surface area contributed by atoms with E-state index in [4.69, 9.17) is 5.84 Å². The molecule has 1 aliphatic rings. The van der Waals surface area contributed by atoms with E-state index in [2.05, 4.69) is 10.2 Å². The molecule has 0 saturated carbocycles. The van der Waals surface area contributed by atoms with Gasteiger partial charge in [-0.25, -0.2) is 9.07 Å². The van der Waals surface area contributed by atoms with Gasteiger partial charge < -0.3 is 10.7 Å². The van der Waals surface area contributed by atoms with E-state index in [1.807, 2.05) is 35.2 Å². The van der Waals surface area contributed by atoms with Crippen LogP contribution in [0, 0.1) is 5.82 Å². The molecular formula is C21H22FN5OS. The molecule has 4 rings (SSSR count). The Kier molecular flexibility index (Phi) is 5.80. The Hall–Kier alpha value is -2.87. The lowest BCUT2D eigenvalue weighted by Crippen LogP contribution is -2.31. The molecule has 150 valence electrons. The van der Waals surface area contributed by atoms with Gasteiger partial charge in [0, 0.05) is 19.5 Å². The fourth-order valence-electron chi connectivity index (χ4n) is 3.42. The van der Waals surface area contributed by atoms with Gasteiger partial charge in [0.2, 0.25) is 11.1 Å². The number of halogens is 1. The van der Waals surface area contributed by atoms with E-state index in [-0.39, 0.29) is 18.1 Å². The van der Waals surface area contributed by atoms with E-state index in [1.54, 1.807) is 18.2 Å². The molecule has 2 aromatic carbocycles. The number of hydrogen-bond acceptors (Lipinski definition) is 5. The highest BCUT2D eigenvalue weighted by molar-refractivity contribution is 8.00. The van der Waals surface area contributed by atoms with Crippen molar-refractivity contribution in [3.05, 3.63) is 77.4 Å². The lowest BCUT2D eigenvalue weighted by atomic mass is 10.1. The molecule has 0 radical (unpaired) electrons. The molecular weight excluding hydrogens is 389 g/mol. The second-order valence-electron chi connectivity index (χ2n) is 6.98. The fraction of sp³-hybridized carbons (Fsp3) is 0.286. The lowest BCUT2D eigenvalue weighted by molar-refractivity contribution is -0.129. The molecule has 0 aliphatic carbocycles. The molecule has 8 heteroatoms. The molecule has 0 spiro atoms. The summed E-state index contributed by atoms with van der Waals surface area (Å²) in [5, 5.41) is 8.28. The Morgan fingerprint density at radius 1 is 1.07 bits per heavy atom. The summed E-state index contributed by atoms with van der Waals surface area (Å²) in [6, 6.07) is 16.1. The van der Waals surface area contributed by atoms with Crippen molar-refractivity contribution >= 4 is 17.7 Å². The van der Waals surface area contributed by atoms with Crippen LogP contribution in [0.15, 0.2) is 59.8 Å². The van der Waals surface area contributed by atoms with E-state index in [0.29, 0.717) is 16.5 Å². The predicted molar refractivity (Wildman–Crippen MR) is 110 cm³/mol. The van der Waals surface area contributed by atoms with Crippen LogP contribution in [0.3, 0.4) is 0 Å². The van der Waals surface area contributed by atoms with Crippen molar-refractivity contribution in [3.8, 4) is 0 Å². The van der Waals surface area contributed by atoms with Gasteiger partial charge in [-0.05, 0) is 30.0 Å². The van der Waals surface area contributed by atoms with Gasteiger partial charge in [-0.2, -0.15) is 0 Å². The molecule has 3 aromatic rings. The van der Waals surface area contributed by atoms with Gasteiger partial charge in [0.15, 0.2) is 5.82 Å². The van der Waals surface area contributed by atoms with Crippen LogP contribution in [0.2, 0.25) is 0 Å². The van der Waals surface area contributed by atoms with Crippen molar-refractivity contribution in [2.24, 2.45) is 0 Å². The SMILES string of the molecule is Nn1c(Cc2ccccc2F)nnc1S[C@H](C(=O)N1CCCC1)c1ccccc1. The average molecular weight is 412 g/mol. The maximum absolute atomic E-state index is 14.0. The number of nitrogens with zero attached hydrogens (tertiary/aromatic N) is 4. The number of carbonyl (C=O) groups is 1. The molecule has 29 heavy (non-hydrogen) atoms. The zero-order valence-electron chi connectivity index (χ0n) is 15.9. The van der Waals surface area contributed by atoms with Crippen molar-refractivity contribution < 1.29 is 9.18 Å². The summed E-state index contributed by atoms with van der Waals surface area (Å²) in [6.45, 7) is 1.55. The Morgan fingerprint density at radius 3 is 2.48 bits per heavy atom. The van der Waals surface area contributed by atoms with Crippen LogP contribution in [0.25, 0.3) is 0 Å². The Balaban J connectivity index is 1.58. The number of carbonyl (C=O) groups excluding carboxylic acids is 1. The quantitative estimate of drug-likeness (QED) is 0.498. The second-order valence-corrected chi connectivity index (χ2v) is 8.05. The first-order valence-electron chi connectivity index (χ1n) is 9.56. The summed E-state index contributed by atoms with van der Waals surface area (Å²) >= 11 is 1.28. The number of thioether (sulfide) groups is 1. The van der Waals surface area contributed by atoms with Gasteiger partial charge in [-0.15, -0.1) is 10.2 Å². The predicted octanol–water partition coefficient (Wildman–Crippen LogP) is 3.18. The van der Waals surface area contributed by atoms with Crippen LogP contribution in [-0.4, -0.2) is 38.8 Å². The third-order valence-corrected chi connectivity index (χ3v) is 6.21. The van der Waals surface area contributed by atoms with Gasteiger partial charge in [-0.1, -0.05) is 60.3 Å². The highest BCUT2D eigenvalue weighted by atomic mass is 32.2. The molecule has 2 heterocycles. The van der Waals surface area contributed by atoms with Gasteiger partial charge in [0.05, 0.1) is 0 Å². The van der Waals surface area contributed by atoms with Gasteiger partial charge in [0.25, 0.3) is 0 Å². The third-order valence-electron chi connectivity index (χ3n) is 5.01. The van der Waals surface area contributed by atoms with Crippen LogP contribution < -0.4 is 5.84 Å². The van der Waals surface area contributed by atoms with E-state index < -0.39 is 5.25 Å². The molecule has 0 bridgehead atoms. The van der Waals surface area contributed by atoms with Crippen molar-refractivity contribution in [1.29, 1.82) is 0 Å². The van der Waals surface area contributed by atoms with Crippen molar-refractivity contribution in [1.82, 2.24) is 19.8 Å². The number of likely N-dealkylation sites (tertiary alicyclic amines) is 1. The molecule has 1 atom stereocenters. The summed E-state index contributed by atoms with van der Waals surface area (Å²) in [5.74, 6) is 6.39. The van der Waals surface area contributed by atoms with Crippen LogP contribution in [0.4, 0.5) is 4.39 Å². The van der Waals surface area contributed by atoms with E-state index in [9.17, 15) is 9.18 Å². The first kappa shape index (κ1) is 19.4. The van der Waals surface area contributed by atoms with Gasteiger partial charge in [0.1, 0.15) is 11.1 Å². The molecule has 1 aromatic heterocycles. The number of nitrogens with two attached hydrogens (primary N) is 1. The fourth-order valence-corrected chi connectivity index (χ4v) is 4.48. The van der Waals surface area contributed by atoms with E-state index >= 15 is 0 Å². The number of amides is 1. The summed E-state index contributed by atoms with van der Waals surface area (Å²) in [4.78, 5) is 15.1. The minimum absolute atomic E-state index is 0.0531. The zero-order valence-corrected chi connectivity index (χ0v) is 16.7. The van der Waals surface area contributed by atoms with Crippen LogP contribution in [-0.2, 0) is 11.2 Å². The average Bonchev–Trinajstić information content (AvgIpc) is 3.39. The lowest BCUT2D eigenvalue weighted by Gasteiger charge is -2.22. The summed E-state index contributed by atoms with van der Waals surface area (Å²) in [6.07, 6.45) is 2.28. The Labute approximate surface area is 172 Å². The summed E-state index contributed by atoms with van der Waals surface area (Å²) < 4.78 is 15.3. The topological polar surface area (TPSA) is 77.0 Å². The highest BCUT2D eigenvalue weighted by Crippen LogP contribution is 2.36. The molecule has 0 unspecified atom stereocenters. The summed E-state index contributed by atoms with van der Waals surface area (Å²) in [5.41, 5.74) is 1.39. The molecule has 1 saturated heterocycles. The molecule has 1 aliphatic heterocycles. The number of benzene rings is 2. The smallest absolute Gasteiger partial charge is 0.240 e. The van der Waals surface area contributed by atoms with Crippen LogP contribution in [0.1, 0.15) is 35.0 Å². The van der Waals surface area contributed by atoms with Crippen molar-refractivity contribution in [3.63, 3.8) is 0 Å². The van der Waals surface area contributed by atoms with E-state index in [0.717, 1.165) is 31.5 Å². The van der Waals surface area contributed by atoms with Crippen LogP contribution >= 0.6 is 11.8 Å². The molecule has 6 nitrogen and oxygen atoms in total. The third kappa shape index (κ3) is 4.27. The van der Waals surface area contributed by atoms with Crippen molar-refractivity contribution in [2.45, 2.75) is 29.7 Å². The van der Waals surface area contributed by atoms with Crippen LogP contribution in [0.5, 0.6) is 0 Å². The zero-order chi connectivity index (χ0) is 20.2. The maximum Gasteiger partial charge on any atom is 0.240 e. The first-order valence-corrected chi connectivity index (χ1v) is 10.4.